The van der Waals surface area contributed by atoms with E-state index in [1.54, 1.807) is 17.8 Å². The van der Waals surface area contributed by atoms with Crippen molar-refractivity contribution in [3.05, 3.63) is 17.6 Å². The summed E-state index contributed by atoms with van der Waals surface area (Å²) < 4.78 is 0. The lowest BCUT2D eigenvalue weighted by atomic mass is 10.3. The van der Waals surface area contributed by atoms with Crippen LogP contribution in [0.5, 0.6) is 0 Å². The fourth-order valence-electron chi connectivity index (χ4n) is 1.52. The van der Waals surface area contributed by atoms with Crippen LogP contribution in [0.15, 0.2) is 11.1 Å². The van der Waals surface area contributed by atoms with Gasteiger partial charge < -0.3 is 5.32 Å². The molecule has 0 atom stereocenters. The fourth-order valence-corrected chi connectivity index (χ4v) is 1.94. The van der Waals surface area contributed by atoms with Crippen molar-refractivity contribution >= 4 is 17.7 Å². The Balaban J connectivity index is 2.25. The minimum Gasteiger partial charge on any atom is -0.349 e. The van der Waals surface area contributed by atoms with Gasteiger partial charge in [-0.1, -0.05) is 0 Å². The first kappa shape index (κ1) is 12.4. The van der Waals surface area contributed by atoms with Gasteiger partial charge in [0.2, 0.25) is 0 Å². The SMILES string of the molecule is CSc1cc(C(=O)NC(C)C)nc(C2CC2)n1. The summed E-state index contributed by atoms with van der Waals surface area (Å²) in [5, 5.41) is 3.73. The molecule has 1 N–H and O–H groups in total. The summed E-state index contributed by atoms with van der Waals surface area (Å²) in [6, 6.07) is 1.88. The van der Waals surface area contributed by atoms with Crippen LogP contribution in [0.1, 0.15) is 48.9 Å². The Morgan fingerprint density at radius 1 is 1.47 bits per heavy atom. The molecule has 17 heavy (non-hydrogen) atoms. The van der Waals surface area contributed by atoms with Crippen LogP contribution >= 0.6 is 11.8 Å². The molecule has 1 aliphatic carbocycles. The fraction of sp³-hybridized carbons (Fsp3) is 0.583. The second-order valence-electron chi connectivity index (χ2n) is 4.56. The summed E-state index contributed by atoms with van der Waals surface area (Å²) in [6.45, 7) is 3.88. The number of hydrogen-bond acceptors (Lipinski definition) is 4. The van der Waals surface area contributed by atoms with Gasteiger partial charge in [-0.25, -0.2) is 9.97 Å². The Labute approximate surface area is 106 Å². The Kier molecular flexibility index (Phi) is 3.66. The lowest BCUT2D eigenvalue weighted by Crippen LogP contribution is -2.31. The largest absolute Gasteiger partial charge is 0.349 e. The van der Waals surface area contributed by atoms with Crippen molar-refractivity contribution in [2.45, 2.75) is 43.7 Å². The molecule has 1 saturated carbocycles. The predicted molar refractivity (Wildman–Crippen MR) is 68.4 cm³/mol. The van der Waals surface area contributed by atoms with Crippen LogP contribution in [0.4, 0.5) is 0 Å². The zero-order valence-electron chi connectivity index (χ0n) is 10.4. The normalized spacial score (nSPS) is 15.1. The van der Waals surface area contributed by atoms with Gasteiger partial charge in [0.1, 0.15) is 16.5 Å². The maximum Gasteiger partial charge on any atom is 0.270 e. The van der Waals surface area contributed by atoms with Crippen molar-refractivity contribution in [1.82, 2.24) is 15.3 Å². The summed E-state index contributed by atoms with van der Waals surface area (Å²) in [4.78, 5) is 20.7. The van der Waals surface area contributed by atoms with Gasteiger partial charge in [0.05, 0.1) is 0 Å². The van der Waals surface area contributed by atoms with E-state index in [-0.39, 0.29) is 11.9 Å². The zero-order chi connectivity index (χ0) is 12.4. The quantitative estimate of drug-likeness (QED) is 0.658. The highest BCUT2D eigenvalue weighted by Gasteiger charge is 2.28. The Bertz CT molecular complexity index is 430. The first-order valence-corrected chi connectivity index (χ1v) is 7.06. The smallest absolute Gasteiger partial charge is 0.270 e. The summed E-state index contributed by atoms with van der Waals surface area (Å²) in [6.07, 6.45) is 4.25. The molecule has 0 saturated heterocycles. The van der Waals surface area contributed by atoms with Crippen LogP contribution < -0.4 is 5.32 Å². The molecule has 0 radical (unpaired) electrons. The third-order valence-electron chi connectivity index (χ3n) is 2.52. The zero-order valence-corrected chi connectivity index (χ0v) is 11.2. The highest BCUT2D eigenvalue weighted by atomic mass is 32.2. The summed E-state index contributed by atoms with van der Waals surface area (Å²) in [5.74, 6) is 1.18. The molecule has 1 amide bonds. The Morgan fingerprint density at radius 3 is 2.71 bits per heavy atom. The molecular formula is C12H17N3OS. The van der Waals surface area contributed by atoms with Crippen molar-refractivity contribution in [3.8, 4) is 0 Å². The van der Waals surface area contributed by atoms with Gasteiger partial charge in [-0.15, -0.1) is 11.8 Å². The number of amides is 1. The van der Waals surface area contributed by atoms with Gasteiger partial charge in [0.15, 0.2) is 0 Å². The summed E-state index contributed by atoms with van der Waals surface area (Å²) in [7, 11) is 0. The van der Waals surface area contributed by atoms with Crippen LogP contribution in [0, 0.1) is 0 Å². The summed E-state index contributed by atoms with van der Waals surface area (Å²) >= 11 is 1.55. The molecule has 2 rings (SSSR count). The molecular weight excluding hydrogens is 234 g/mol. The molecule has 0 unspecified atom stereocenters. The Morgan fingerprint density at radius 2 is 2.18 bits per heavy atom. The van der Waals surface area contributed by atoms with Crippen molar-refractivity contribution in [2.24, 2.45) is 0 Å². The van der Waals surface area contributed by atoms with Gasteiger partial charge in [0.25, 0.3) is 5.91 Å². The second kappa shape index (κ2) is 5.04. The minimum atomic E-state index is -0.111. The van der Waals surface area contributed by atoms with Gasteiger partial charge in [-0.05, 0) is 32.9 Å². The molecule has 1 aromatic rings. The third kappa shape index (κ3) is 3.19. The number of carbonyl (C=O) groups is 1. The number of carbonyl (C=O) groups excluding carboxylic acids is 1. The first-order valence-electron chi connectivity index (χ1n) is 5.84. The topological polar surface area (TPSA) is 54.9 Å². The lowest BCUT2D eigenvalue weighted by molar-refractivity contribution is 0.0937. The van der Waals surface area contributed by atoms with Crippen molar-refractivity contribution in [3.63, 3.8) is 0 Å². The monoisotopic (exact) mass is 251 g/mol. The third-order valence-corrected chi connectivity index (χ3v) is 3.15. The van der Waals surface area contributed by atoms with E-state index >= 15 is 0 Å². The number of nitrogens with zero attached hydrogens (tertiary/aromatic N) is 2. The van der Waals surface area contributed by atoms with Crippen molar-refractivity contribution in [1.29, 1.82) is 0 Å². The van der Waals surface area contributed by atoms with E-state index in [2.05, 4.69) is 15.3 Å². The maximum absolute atomic E-state index is 11.9. The van der Waals surface area contributed by atoms with E-state index in [0.29, 0.717) is 11.6 Å². The van der Waals surface area contributed by atoms with E-state index in [1.165, 1.54) is 0 Å². The van der Waals surface area contributed by atoms with Crippen LogP contribution in [-0.4, -0.2) is 28.2 Å². The van der Waals surface area contributed by atoms with Crippen LogP contribution in [0.3, 0.4) is 0 Å². The average molecular weight is 251 g/mol. The van der Waals surface area contributed by atoms with Gasteiger partial charge in [0, 0.05) is 18.0 Å². The highest BCUT2D eigenvalue weighted by Crippen LogP contribution is 2.38. The number of rotatable bonds is 4. The van der Waals surface area contributed by atoms with Crippen LogP contribution in [-0.2, 0) is 0 Å². The van der Waals surface area contributed by atoms with E-state index < -0.39 is 0 Å². The van der Waals surface area contributed by atoms with E-state index in [4.69, 9.17) is 0 Å². The Hall–Kier alpha value is -1.10. The minimum absolute atomic E-state index is 0.111. The van der Waals surface area contributed by atoms with Crippen LogP contribution in [0.25, 0.3) is 0 Å². The van der Waals surface area contributed by atoms with Gasteiger partial charge in [-0.3, -0.25) is 4.79 Å². The summed E-state index contributed by atoms with van der Waals surface area (Å²) in [5.41, 5.74) is 0.486. The van der Waals surface area contributed by atoms with Crippen molar-refractivity contribution < 1.29 is 4.79 Å². The number of nitrogens with one attached hydrogen (secondary N) is 1. The molecule has 1 heterocycles. The van der Waals surface area contributed by atoms with E-state index in [9.17, 15) is 4.79 Å². The molecule has 92 valence electrons. The molecule has 1 aliphatic rings. The molecule has 0 bridgehead atoms. The first-order chi connectivity index (χ1) is 8.10. The van der Waals surface area contributed by atoms with E-state index in [1.807, 2.05) is 20.1 Å². The van der Waals surface area contributed by atoms with E-state index in [0.717, 1.165) is 23.7 Å². The predicted octanol–water partition coefficient (Wildman–Crippen LogP) is 2.21. The highest BCUT2D eigenvalue weighted by molar-refractivity contribution is 7.98. The molecule has 0 spiro atoms. The standard InChI is InChI=1S/C12H17N3OS/c1-7(2)13-12(16)9-6-10(17-3)15-11(14-9)8-4-5-8/h6-8H,4-5H2,1-3H3,(H,13,16). The molecule has 0 aliphatic heterocycles. The van der Waals surface area contributed by atoms with Crippen molar-refractivity contribution in [2.75, 3.05) is 6.26 Å². The molecule has 1 fully saturated rings. The maximum atomic E-state index is 11.9. The lowest BCUT2D eigenvalue weighted by Gasteiger charge is -2.09. The average Bonchev–Trinajstić information content (AvgIpc) is 3.11. The van der Waals surface area contributed by atoms with Gasteiger partial charge >= 0.3 is 0 Å². The molecule has 4 nitrogen and oxygen atoms in total. The second-order valence-corrected chi connectivity index (χ2v) is 5.38. The van der Waals surface area contributed by atoms with Gasteiger partial charge in [-0.2, -0.15) is 0 Å². The number of hydrogen-bond donors (Lipinski definition) is 1. The molecule has 1 aromatic heterocycles. The molecule has 0 aromatic carbocycles. The number of aromatic nitrogens is 2. The number of thioether (sulfide) groups is 1. The van der Waals surface area contributed by atoms with Crippen LogP contribution in [0.2, 0.25) is 0 Å². The molecule has 5 heteroatoms.